The van der Waals surface area contributed by atoms with E-state index in [1.807, 2.05) is 4.90 Å². The summed E-state index contributed by atoms with van der Waals surface area (Å²) in [4.78, 5) is 21.4. The van der Waals surface area contributed by atoms with E-state index in [9.17, 15) is 4.79 Å². The highest BCUT2D eigenvalue weighted by Gasteiger charge is 2.27. The van der Waals surface area contributed by atoms with Crippen molar-refractivity contribution in [2.45, 2.75) is 46.0 Å². The molecule has 4 rings (SSSR count). The van der Waals surface area contributed by atoms with Crippen LogP contribution in [0.1, 0.15) is 54.0 Å². The Morgan fingerprint density at radius 2 is 2.17 bits per heavy atom. The third kappa shape index (κ3) is 2.69. The lowest BCUT2D eigenvalue weighted by Crippen LogP contribution is -2.38. The van der Waals surface area contributed by atoms with Gasteiger partial charge in [-0.1, -0.05) is 13.8 Å². The van der Waals surface area contributed by atoms with Gasteiger partial charge in [-0.25, -0.2) is 4.98 Å². The standard InChI is InChI=1S/C19H25N3OS/c1-11-5-6-15-13(8-11)9-14-16(20)17(24-18(14)21-15)19(23)22-7-3-4-12(2)10-22/h9,11-12H,3-8,10,20H2,1-2H3. The number of aryl methyl sites for hydroxylation is 1. The Morgan fingerprint density at radius 3 is 2.96 bits per heavy atom. The molecule has 2 N–H and O–H groups in total. The molecule has 2 aromatic rings. The van der Waals surface area contributed by atoms with E-state index in [1.54, 1.807) is 0 Å². The maximum absolute atomic E-state index is 12.9. The zero-order chi connectivity index (χ0) is 16.8. The fourth-order valence-corrected chi connectivity index (χ4v) is 5.11. The van der Waals surface area contributed by atoms with Crippen LogP contribution in [0.5, 0.6) is 0 Å². The number of nitrogen functional groups attached to an aromatic ring is 1. The lowest BCUT2D eigenvalue weighted by atomic mass is 9.87. The van der Waals surface area contributed by atoms with E-state index in [-0.39, 0.29) is 5.91 Å². The van der Waals surface area contributed by atoms with Gasteiger partial charge in [-0.15, -0.1) is 11.3 Å². The number of carbonyl (C=O) groups is 1. The molecule has 1 aliphatic heterocycles. The van der Waals surface area contributed by atoms with Crippen molar-refractivity contribution in [2.75, 3.05) is 18.8 Å². The summed E-state index contributed by atoms with van der Waals surface area (Å²) in [5, 5.41) is 0.973. The minimum atomic E-state index is 0.0911. The molecule has 1 fully saturated rings. The SMILES string of the molecule is CC1CCc2nc3sc(C(=O)N4CCCC(C)C4)c(N)c3cc2C1. The number of amides is 1. The molecule has 1 saturated heterocycles. The van der Waals surface area contributed by atoms with Gasteiger partial charge in [0.15, 0.2) is 0 Å². The Bertz CT molecular complexity index is 797. The maximum atomic E-state index is 12.9. The zero-order valence-electron chi connectivity index (χ0n) is 14.5. The first-order valence-electron chi connectivity index (χ1n) is 9.03. The number of thiophene rings is 1. The number of nitrogens with zero attached hydrogens (tertiary/aromatic N) is 2. The number of hydrogen-bond acceptors (Lipinski definition) is 4. The minimum absolute atomic E-state index is 0.0911. The van der Waals surface area contributed by atoms with Gasteiger partial charge in [-0.2, -0.15) is 0 Å². The van der Waals surface area contributed by atoms with E-state index in [0.717, 1.165) is 42.6 Å². The number of nitrogens with two attached hydrogens (primary N) is 1. The first kappa shape index (κ1) is 15.9. The summed E-state index contributed by atoms with van der Waals surface area (Å²) in [5.74, 6) is 1.37. The van der Waals surface area contributed by atoms with Gasteiger partial charge in [0.25, 0.3) is 5.91 Å². The van der Waals surface area contributed by atoms with E-state index in [4.69, 9.17) is 10.7 Å². The van der Waals surface area contributed by atoms with Crippen molar-refractivity contribution in [3.05, 3.63) is 22.2 Å². The van der Waals surface area contributed by atoms with Gasteiger partial charge in [0, 0.05) is 24.2 Å². The number of pyridine rings is 1. The molecule has 2 aromatic heterocycles. The molecule has 2 aliphatic rings. The van der Waals surface area contributed by atoms with Gasteiger partial charge >= 0.3 is 0 Å². The van der Waals surface area contributed by atoms with Crippen molar-refractivity contribution in [1.82, 2.24) is 9.88 Å². The number of aromatic nitrogens is 1. The normalized spacial score (nSPS) is 24.2. The molecule has 4 nitrogen and oxygen atoms in total. The van der Waals surface area contributed by atoms with E-state index >= 15 is 0 Å². The molecule has 0 saturated carbocycles. The number of hydrogen-bond donors (Lipinski definition) is 1. The highest BCUT2D eigenvalue weighted by atomic mass is 32.1. The molecule has 0 spiro atoms. The van der Waals surface area contributed by atoms with Crippen molar-refractivity contribution in [2.24, 2.45) is 11.8 Å². The van der Waals surface area contributed by atoms with Crippen LogP contribution in [0.15, 0.2) is 6.07 Å². The third-order valence-electron chi connectivity index (χ3n) is 5.47. The molecule has 0 bridgehead atoms. The molecular formula is C19H25N3OS. The highest BCUT2D eigenvalue weighted by molar-refractivity contribution is 7.21. The van der Waals surface area contributed by atoms with Crippen LogP contribution >= 0.6 is 11.3 Å². The van der Waals surface area contributed by atoms with E-state index in [0.29, 0.717) is 22.4 Å². The van der Waals surface area contributed by atoms with Crippen LogP contribution in [0, 0.1) is 11.8 Å². The fourth-order valence-electron chi connectivity index (χ4n) is 4.05. The Balaban J connectivity index is 1.71. The van der Waals surface area contributed by atoms with E-state index < -0.39 is 0 Å². The first-order chi connectivity index (χ1) is 11.5. The lowest BCUT2D eigenvalue weighted by molar-refractivity contribution is 0.0689. The van der Waals surface area contributed by atoms with Gasteiger partial charge < -0.3 is 10.6 Å². The predicted octanol–water partition coefficient (Wildman–Crippen LogP) is 3.88. The van der Waals surface area contributed by atoms with Crippen molar-refractivity contribution in [1.29, 1.82) is 0 Å². The second-order valence-corrected chi connectivity index (χ2v) is 8.64. The molecular weight excluding hydrogens is 318 g/mol. The fraction of sp³-hybridized carbons (Fsp3) is 0.579. The van der Waals surface area contributed by atoms with Gasteiger partial charge in [-0.05, 0) is 55.6 Å². The van der Waals surface area contributed by atoms with Crippen LogP contribution in [0.4, 0.5) is 5.69 Å². The Labute approximate surface area is 147 Å². The van der Waals surface area contributed by atoms with Crippen molar-refractivity contribution in [3.63, 3.8) is 0 Å². The van der Waals surface area contributed by atoms with Crippen LogP contribution in [0.2, 0.25) is 0 Å². The molecule has 2 atom stereocenters. The van der Waals surface area contributed by atoms with Gasteiger partial charge in [0.1, 0.15) is 9.71 Å². The zero-order valence-corrected chi connectivity index (χ0v) is 15.3. The van der Waals surface area contributed by atoms with E-state index in [2.05, 4.69) is 19.9 Å². The topological polar surface area (TPSA) is 59.2 Å². The lowest BCUT2D eigenvalue weighted by Gasteiger charge is -2.30. The molecule has 24 heavy (non-hydrogen) atoms. The van der Waals surface area contributed by atoms with Crippen LogP contribution in [0.3, 0.4) is 0 Å². The van der Waals surface area contributed by atoms with Crippen LogP contribution in [-0.4, -0.2) is 28.9 Å². The molecule has 0 aromatic carbocycles. The molecule has 3 heterocycles. The molecule has 5 heteroatoms. The Hall–Kier alpha value is -1.62. The molecule has 1 amide bonds. The summed E-state index contributed by atoms with van der Waals surface area (Å²) in [6, 6.07) is 2.19. The highest BCUT2D eigenvalue weighted by Crippen LogP contribution is 2.37. The summed E-state index contributed by atoms with van der Waals surface area (Å²) in [7, 11) is 0. The van der Waals surface area contributed by atoms with Gasteiger partial charge in [-0.3, -0.25) is 4.79 Å². The number of carbonyl (C=O) groups excluding carboxylic acids is 1. The number of fused-ring (bicyclic) bond motifs is 2. The molecule has 2 unspecified atom stereocenters. The van der Waals surface area contributed by atoms with Gasteiger partial charge in [0.2, 0.25) is 0 Å². The Kier molecular flexibility index (Phi) is 3.99. The summed E-state index contributed by atoms with van der Waals surface area (Å²) in [6.45, 7) is 6.19. The monoisotopic (exact) mass is 343 g/mol. The second-order valence-electron chi connectivity index (χ2n) is 7.64. The Morgan fingerprint density at radius 1 is 1.33 bits per heavy atom. The molecule has 0 radical (unpaired) electrons. The molecule has 1 aliphatic carbocycles. The van der Waals surface area contributed by atoms with E-state index in [1.165, 1.54) is 35.4 Å². The van der Waals surface area contributed by atoms with Crippen molar-refractivity contribution >= 4 is 33.1 Å². The van der Waals surface area contributed by atoms with Crippen molar-refractivity contribution in [3.8, 4) is 0 Å². The maximum Gasteiger partial charge on any atom is 0.266 e. The number of likely N-dealkylation sites (tertiary alicyclic amines) is 1. The first-order valence-corrected chi connectivity index (χ1v) is 9.84. The average Bonchev–Trinajstić information content (AvgIpc) is 2.88. The number of anilines is 1. The quantitative estimate of drug-likeness (QED) is 0.855. The van der Waals surface area contributed by atoms with Gasteiger partial charge in [0.05, 0.1) is 5.69 Å². The number of rotatable bonds is 1. The van der Waals surface area contributed by atoms with Crippen LogP contribution < -0.4 is 5.73 Å². The molecule has 128 valence electrons. The minimum Gasteiger partial charge on any atom is -0.397 e. The van der Waals surface area contributed by atoms with Crippen LogP contribution in [0.25, 0.3) is 10.2 Å². The second kappa shape index (κ2) is 6.03. The smallest absolute Gasteiger partial charge is 0.266 e. The summed E-state index contributed by atoms with van der Waals surface area (Å²) in [5.41, 5.74) is 9.52. The summed E-state index contributed by atoms with van der Waals surface area (Å²) in [6.07, 6.45) is 5.60. The average molecular weight is 343 g/mol. The third-order valence-corrected chi connectivity index (χ3v) is 6.57. The number of piperidine rings is 1. The largest absolute Gasteiger partial charge is 0.397 e. The van der Waals surface area contributed by atoms with Crippen molar-refractivity contribution < 1.29 is 4.79 Å². The predicted molar refractivity (Wildman–Crippen MR) is 99.5 cm³/mol. The van der Waals surface area contributed by atoms with Crippen LogP contribution in [-0.2, 0) is 12.8 Å². The summed E-state index contributed by atoms with van der Waals surface area (Å²) >= 11 is 1.47. The summed E-state index contributed by atoms with van der Waals surface area (Å²) < 4.78 is 0.